The van der Waals surface area contributed by atoms with Gasteiger partial charge in [-0.25, -0.2) is 0 Å². The van der Waals surface area contributed by atoms with Gasteiger partial charge in [0.25, 0.3) is 0 Å². The first kappa shape index (κ1) is 11.2. The summed E-state index contributed by atoms with van der Waals surface area (Å²) in [7, 11) is 1.75. The maximum Gasteiger partial charge on any atom is 0.0704 e. The molecule has 0 aromatic heterocycles. The Kier molecular flexibility index (Phi) is 4.66. The van der Waals surface area contributed by atoms with Crippen LogP contribution in [0, 0.1) is 0 Å². The molecule has 0 radical (unpaired) electrons. The van der Waals surface area contributed by atoms with Crippen LogP contribution in [0.5, 0.6) is 0 Å². The highest BCUT2D eigenvalue weighted by molar-refractivity contribution is 5.77. The maximum absolute atomic E-state index is 5.16. The van der Waals surface area contributed by atoms with E-state index in [1.807, 2.05) is 13.1 Å². The van der Waals surface area contributed by atoms with Gasteiger partial charge >= 0.3 is 0 Å². The SMILES string of the molecule is C/C=C(C)/C=N/N1CCC[C@H]1COC. The van der Waals surface area contributed by atoms with Crippen molar-refractivity contribution in [1.82, 2.24) is 5.01 Å². The summed E-state index contributed by atoms with van der Waals surface area (Å²) < 4.78 is 5.16. The molecular formula is C11H20N2O. The zero-order valence-electron chi connectivity index (χ0n) is 9.36. The van der Waals surface area contributed by atoms with Crippen LogP contribution < -0.4 is 0 Å². The fourth-order valence-corrected chi connectivity index (χ4v) is 1.57. The number of hydrazone groups is 1. The molecule has 0 unspecified atom stereocenters. The standard InChI is InChI=1S/C11H20N2O/c1-4-10(2)8-12-13-7-5-6-11(13)9-14-3/h4,8,11H,5-7,9H2,1-3H3/b10-4+,12-8+/t11-/m0/s1. The summed E-state index contributed by atoms with van der Waals surface area (Å²) in [4.78, 5) is 0. The smallest absolute Gasteiger partial charge is 0.0704 e. The van der Waals surface area contributed by atoms with Gasteiger partial charge in [-0.3, -0.25) is 5.01 Å². The van der Waals surface area contributed by atoms with E-state index in [9.17, 15) is 0 Å². The van der Waals surface area contributed by atoms with Crippen LogP contribution in [0.1, 0.15) is 26.7 Å². The summed E-state index contributed by atoms with van der Waals surface area (Å²) in [5, 5.41) is 6.59. The Labute approximate surface area is 86.4 Å². The molecule has 0 saturated carbocycles. The van der Waals surface area contributed by atoms with Gasteiger partial charge in [-0.2, -0.15) is 5.10 Å². The van der Waals surface area contributed by atoms with Crippen molar-refractivity contribution in [3.05, 3.63) is 11.6 Å². The predicted molar refractivity (Wildman–Crippen MR) is 59.5 cm³/mol. The highest BCUT2D eigenvalue weighted by Gasteiger charge is 2.22. The molecule has 1 aliphatic rings. The van der Waals surface area contributed by atoms with Crippen LogP contribution >= 0.6 is 0 Å². The van der Waals surface area contributed by atoms with Gasteiger partial charge < -0.3 is 4.74 Å². The van der Waals surface area contributed by atoms with Crippen LogP contribution in [-0.2, 0) is 4.74 Å². The minimum Gasteiger partial charge on any atom is -0.382 e. The number of ether oxygens (including phenoxy) is 1. The van der Waals surface area contributed by atoms with E-state index < -0.39 is 0 Å². The van der Waals surface area contributed by atoms with Gasteiger partial charge in [0.1, 0.15) is 0 Å². The molecule has 0 N–H and O–H groups in total. The predicted octanol–water partition coefficient (Wildman–Crippen LogP) is 2.05. The Hall–Kier alpha value is -0.830. The second-order valence-corrected chi connectivity index (χ2v) is 3.69. The fraction of sp³-hybridized carbons (Fsp3) is 0.727. The third-order valence-corrected chi connectivity index (χ3v) is 2.57. The van der Waals surface area contributed by atoms with Crippen molar-refractivity contribution in [3.63, 3.8) is 0 Å². The maximum atomic E-state index is 5.16. The summed E-state index contributed by atoms with van der Waals surface area (Å²) in [5.41, 5.74) is 1.20. The van der Waals surface area contributed by atoms with E-state index in [1.165, 1.54) is 18.4 Å². The Morgan fingerprint density at radius 2 is 2.43 bits per heavy atom. The molecule has 1 aliphatic heterocycles. The number of allylic oxidation sites excluding steroid dienone is 2. The molecule has 1 atom stereocenters. The van der Waals surface area contributed by atoms with Gasteiger partial charge in [-0.05, 0) is 32.3 Å². The molecule has 80 valence electrons. The lowest BCUT2D eigenvalue weighted by Gasteiger charge is -2.20. The van der Waals surface area contributed by atoms with Crippen molar-refractivity contribution in [2.24, 2.45) is 5.10 Å². The third kappa shape index (κ3) is 3.14. The van der Waals surface area contributed by atoms with Crippen LogP contribution in [-0.4, -0.2) is 37.5 Å². The van der Waals surface area contributed by atoms with Crippen molar-refractivity contribution in [2.75, 3.05) is 20.3 Å². The Bertz CT molecular complexity index is 223. The number of rotatable bonds is 4. The molecule has 14 heavy (non-hydrogen) atoms. The van der Waals surface area contributed by atoms with E-state index in [2.05, 4.69) is 23.1 Å². The van der Waals surface area contributed by atoms with Gasteiger partial charge in [-0.1, -0.05) is 6.08 Å². The van der Waals surface area contributed by atoms with Gasteiger partial charge in [-0.15, -0.1) is 0 Å². The molecule has 0 aliphatic carbocycles. The molecule has 1 saturated heterocycles. The van der Waals surface area contributed by atoms with Crippen LogP contribution in [0.2, 0.25) is 0 Å². The van der Waals surface area contributed by atoms with Crippen molar-refractivity contribution in [1.29, 1.82) is 0 Å². The summed E-state index contributed by atoms with van der Waals surface area (Å²) in [5.74, 6) is 0. The average molecular weight is 196 g/mol. The first-order chi connectivity index (χ1) is 6.77. The lowest BCUT2D eigenvalue weighted by Crippen LogP contribution is -2.28. The topological polar surface area (TPSA) is 24.8 Å². The highest BCUT2D eigenvalue weighted by atomic mass is 16.5. The first-order valence-corrected chi connectivity index (χ1v) is 5.20. The second-order valence-electron chi connectivity index (χ2n) is 3.69. The second kappa shape index (κ2) is 5.81. The molecule has 3 heteroatoms. The lowest BCUT2D eigenvalue weighted by molar-refractivity contribution is 0.118. The number of methoxy groups -OCH3 is 1. The molecule has 1 rings (SSSR count). The molecule has 3 nitrogen and oxygen atoms in total. The van der Waals surface area contributed by atoms with Crippen LogP contribution in [0.15, 0.2) is 16.8 Å². The molecule has 0 aromatic rings. The van der Waals surface area contributed by atoms with E-state index in [1.54, 1.807) is 7.11 Å². The summed E-state index contributed by atoms with van der Waals surface area (Å²) in [6.45, 7) is 5.93. The third-order valence-electron chi connectivity index (χ3n) is 2.57. The van der Waals surface area contributed by atoms with Crippen LogP contribution in [0.3, 0.4) is 0 Å². The van der Waals surface area contributed by atoms with Crippen LogP contribution in [0.25, 0.3) is 0 Å². The molecular weight excluding hydrogens is 176 g/mol. The van der Waals surface area contributed by atoms with Crippen molar-refractivity contribution in [2.45, 2.75) is 32.7 Å². The largest absolute Gasteiger partial charge is 0.382 e. The van der Waals surface area contributed by atoms with Crippen molar-refractivity contribution < 1.29 is 4.74 Å². The summed E-state index contributed by atoms with van der Waals surface area (Å²) in [6.07, 6.45) is 6.40. The Morgan fingerprint density at radius 3 is 3.07 bits per heavy atom. The zero-order chi connectivity index (χ0) is 10.4. The zero-order valence-corrected chi connectivity index (χ0v) is 9.36. The minimum atomic E-state index is 0.473. The average Bonchev–Trinajstić information content (AvgIpc) is 2.62. The Morgan fingerprint density at radius 1 is 1.64 bits per heavy atom. The van der Waals surface area contributed by atoms with Crippen LogP contribution in [0.4, 0.5) is 0 Å². The van der Waals surface area contributed by atoms with Crippen molar-refractivity contribution in [3.8, 4) is 0 Å². The molecule has 0 aromatic carbocycles. The monoisotopic (exact) mass is 196 g/mol. The number of hydrogen-bond acceptors (Lipinski definition) is 3. The van der Waals surface area contributed by atoms with E-state index in [4.69, 9.17) is 4.74 Å². The highest BCUT2D eigenvalue weighted by Crippen LogP contribution is 2.17. The molecule has 1 heterocycles. The molecule has 0 amide bonds. The quantitative estimate of drug-likeness (QED) is 0.643. The molecule has 1 fully saturated rings. The van der Waals surface area contributed by atoms with Gasteiger partial charge in [0.15, 0.2) is 0 Å². The van der Waals surface area contributed by atoms with E-state index in [-0.39, 0.29) is 0 Å². The van der Waals surface area contributed by atoms with E-state index in [0.717, 1.165) is 13.2 Å². The number of nitrogens with zero attached hydrogens (tertiary/aromatic N) is 2. The fourth-order valence-electron chi connectivity index (χ4n) is 1.57. The minimum absolute atomic E-state index is 0.473. The normalized spacial score (nSPS) is 23.8. The van der Waals surface area contributed by atoms with Gasteiger partial charge in [0, 0.05) is 19.9 Å². The Balaban J connectivity index is 2.46. The van der Waals surface area contributed by atoms with E-state index in [0.29, 0.717) is 6.04 Å². The summed E-state index contributed by atoms with van der Waals surface area (Å²) in [6, 6.07) is 0.473. The first-order valence-electron chi connectivity index (χ1n) is 5.20. The van der Waals surface area contributed by atoms with Gasteiger partial charge in [0.2, 0.25) is 0 Å². The van der Waals surface area contributed by atoms with E-state index >= 15 is 0 Å². The lowest BCUT2D eigenvalue weighted by atomic mass is 10.2. The van der Waals surface area contributed by atoms with Gasteiger partial charge in [0.05, 0.1) is 12.6 Å². The molecule has 0 spiro atoms. The summed E-state index contributed by atoms with van der Waals surface area (Å²) >= 11 is 0. The van der Waals surface area contributed by atoms with Crippen molar-refractivity contribution >= 4 is 6.21 Å². The molecule has 0 bridgehead atoms. The number of hydrogen-bond donors (Lipinski definition) is 0.